The van der Waals surface area contributed by atoms with E-state index in [0.717, 1.165) is 24.3 Å². The summed E-state index contributed by atoms with van der Waals surface area (Å²) in [6.07, 6.45) is 0. The predicted octanol–water partition coefficient (Wildman–Crippen LogP) is 1.76. The molecule has 0 heterocycles. The lowest BCUT2D eigenvalue weighted by atomic mass is 10.2. The Labute approximate surface area is 96.2 Å². The number of hydrogen-bond acceptors (Lipinski definition) is 2. The van der Waals surface area contributed by atoms with E-state index in [1.54, 1.807) is 6.92 Å². The van der Waals surface area contributed by atoms with Gasteiger partial charge in [-0.05, 0) is 37.1 Å². The van der Waals surface area contributed by atoms with E-state index in [-0.39, 0.29) is 5.91 Å². The quantitative estimate of drug-likeness (QED) is 0.753. The van der Waals surface area contributed by atoms with Gasteiger partial charge in [0.15, 0.2) is 0 Å². The summed E-state index contributed by atoms with van der Waals surface area (Å²) < 4.78 is 0. The molecular weight excluding hydrogens is 200 g/mol. The van der Waals surface area contributed by atoms with Gasteiger partial charge in [-0.15, -0.1) is 0 Å². The van der Waals surface area contributed by atoms with Crippen molar-refractivity contribution in [2.45, 2.75) is 20.4 Å². The molecule has 0 radical (unpaired) electrons. The molecule has 3 nitrogen and oxygen atoms in total. The van der Waals surface area contributed by atoms with E-state index < -0.39 is 0 Å². The molecule has 1 amide bonds. The largest absolute Gasteiger partial charge is 0.315 e. The fourth-order valence-electron chi connectivity index (χ4n) is 1.30. The van der Waals surface area contributed by atoms with Crippen LogP contribution in [-0.2, 0) is 11.3 Å². The smallest absolute Gasteiger partial charge is 0.300 e. The topological polar surface area (TPSA) is 41.1 Å². The Kier molecular flexibility index (Phi) is 5.10. The molecule has 0 aliphatic rings. The molecule has 0 fully saturated rings. The second-order valence-electron chi connectivity index (χ2n) is 3.31. The van der Waals surface area contributed by atoms with Crippen molar-refractivity contribution in [1.82, 2.24) is 5.32 Å². The molecule has 1 aromatic rings. The number of amides is 1. The first kappa shape index (κ1) is 12.3. The van der Waals surface area contributed by atoms with E-state index in [9.17, 15) is 4.79 Å². The maximum atomic E-state index is 11.2. The maximum Gasteiger partial charge on any atom is 0.300 e. The normalized spacial score (nSPS) is 9.12. The first-order valence-corrected chi connectivity index (χ1v) is 5.29. The lowest BCUT2D eigenvalue weighted by Crippen LogP contribution is -2.12. The molecule has 0 unspecified atom stereocenters. The first-order valence-electron chi connectivity index (χ1n) is 5.29. The standard InChI is InChI=1S/C13H16N2O/c1-3-6-13(16)15-12-8-5-7-11(9-12)10-14-4-2/h5,7-9,14H,4,10H2,1-2H3,(H,15,16). The Hall–Kier alpha value is -1.79. The summed E-state index contributed by atoms with van der Waals surface area (Å²) in [6.45, 7) is 5.43. The van der Waals surface area contributed by atoms with E-state index in [0.29, 0.717) is 0 Å². The van der Waals surface area contributed by atoms with Crippen molar-refractivity contribution in [2.24, 2.45) is 0 Å². The molecule has 0 aliphatic heterocycles. The second-order valence-corrected chi connectivity index (χ2v) is 3.31. The summed E-state index contributed by atoms with van der Waals surface area (Å²) in [5.74, 6) is 4.73. The summed E-state index contributed by atoms with van der Waals surface area (Å²) in [5, 5.41) is 5.95. The molecule has 3 heteroatoms. The Morgan fingerprint density at radius 2 is 2.25 bits per heavy atom. The molecule has 2 N–H and O–H groups in total. The van der Waals surface area contributed by atoms with E-state index in [1.807, 2.05) is 24.3 Å². The summed E-state index contributed by atoms with van der Waals surface area (Å²) in [4.78, 5) is 11.2. The predicted molar refractivity (Wildman–Crippen MR) is 65.9 cm³/mol. The SMILES string of the molecule is CC#CC(=O)Nc1cccc(CNCC)c1. The van der Waals surface area contributed by atoms with Crippen LogP contribution in [0.2, 0.25) is 0 Å². The molecule has 1 aromatic carbocycles. The minimum absolute atomic E-state index is 0.275. The van der Waals surface area contributed by atoms with Crippen LogP contribution in [-0.4, -0.2) is 12.5 Å². The molecule has 84 valence electrons. The van der Waals surface area contributed by atoms with Crippen molar-refractivity contribution < 1.29 is 4.79 Å². The Morgan fingerprint density at radius 3 is 2.94 bits per heavy atom. The van der Waals surface area contributed by atoms with E-state index in [2.05, 4.69) is 29.4 Å². The molecule has 0 saturated heterocycles. The average Bonchev–Trinajstić information content (AvgIpc) is 2.27. The number of benzene rings is 1. The van der Waals surface area contributed by atoms with Crippen LogP contribution in [0.25, 0.3) is 0 Å². The van der Waals surface area contributed by atoms with Crippen LogP contribution in [0.5, 0.6) is 0 Å². The zero-order chi connectivity index (χ0) is 11.8. The van der Waals surface area contributed by atoms with Gasteiger partial charge in [0, 0.05) is 12.2 Å². The minimum atomic E-state index is -0.275. The van der Waals surface area contributed by atoms with Crippen LogP contribution in [0.4, 0.5) is 5.69 Å². The minimum Gasteiger partial charge on any atom is -0.315 e. The van der Waals surface area contributed by atoms with Gasteiger partial charge in [0.2, 0.25) is 0 Å². The monoisotopic (exact) mass is 216 g/mol. The summed E-state index contributed by atoms with van der Waals surface area (Å²) >= 11 is 0. The van der Waals surface area contributed by atoms with Crippen molar-refractivity contribution in [3.8, 4) is 11.8 Å². The van der Waals surface area contributed by atoms with Crippen LogP contribution in [0.3, 0.4) is 0 Å². The zero-order valence-corrected chi connectivity index (χ0v) is 9.63. The van der Waals surface area contributed by atoms with Crippen LogP contribution in [0.1, 0.15) is 19.4 Å². The molecule has 0 aliphatic carbocycles. The maximum absolute atomic E-state index is 11.2. The molecule has 0 bridgehead atoms. The van der Waals surface area contributed by atoms with Gasteiger partial charge in [0.1, 0.15) is 0 Å². The highest BCUT2D eigenvalue weighted by Crippen LogP contribution is 2.10. The van der Waals surface area contributed by atoms with Gasteiger partial charge in [-0.1, -0.05) is 25.0 Å². The third-order valence-electron chi connectivity index (χ3n) is 2.00. The van der Waals surface area contributed by atoms with Gasteiger partial charge in [-0.3, -0.25) is 4.79 Å². The van der Waals surface area contributed by atoms with Gasteiger partial charge in [-0.25, -0.2) is 0 Å². The molecule has 0 atom stereocenters. The van der Waals surface area contributed by atoms with E-state index in [1.165, 1.54) is 0 Å². The van der Waals surface area contributed by atoms with Gasteiger partial charge < -0.3 is 10.6 Å². The Bertz CT molecular complexity index is 415. The van der Waals surface area contributed by atoms with Gasteiger partial charge in [0.05, 0.1) is 0 Å². The number of carbonyl (C=O) groups excluding carboxylic acids is 1. The lowest BCUT2D eigenvalue weighted by Gasteiger charge is -2.05. The number of anilines is 1. The third-order valence-corrected chi connectivity index (χ3v) is 2.00. The molecule has 16 heavy (non-hydrogen) atoms. The van der Waals surface area contributed by atoms with Crippen molar-refractivity contribution >= 4 is 11.6 Å². The average molecular weight is 216 g/mol. The summed E-state index contributed by atoms with van der Waals surface area (Å²) in [7, 11) is 0. The number of carbonyl (C=O) groups is 1. The number of nitrogens with one attached hydrogen (secondary N) is 2. The molecule has 0 saturated carbocycles. The summed E-state index contributed by atoms with van der Waals surface area (Å²) in [6, 6.07) is 7.73. The van der Waals surface area contributed by atoms with E-state index >= 15 is 0 Å². The van der Waals surface area contributed by atoms with Gasteiger partial charge >= 0.3 is 0 Å². The molecule has 0 aromatic heterocycles. The van der Waals surface area contributed by atoms with Gasteiger partial charge in [-0.2, -0.15) is 0 Å². The fourth-order valence-corrected chi connectivity index (χ4v) is 1.30. The highest BCUT2D eigenvalue weighted by molar-refractivity contribution is 6.03. The molecule has 1 rings (SSSR count). The van der Waals surface area contributed by atoms with Crippen molar-refractivity contribution in [3.05, 3.63) is 29.8 Å². The Morgan fingerprint density at radius 1 is 1.44 bits per heavy atom. The van der Waals surface area contributed by atoms with Crippen molar-refractivity contribution in [2.75, 3.05) is 11.9 Å². The molecular formula is C13H16N2O. The van der Waals surface area contributed by atoms with Crippen LogP contribution >= 0.6 is 0 Å². The number of hydrogen-bond donors (Lipinski definition) is 2. The van der Waals surface area contributed by atoms with Crippen molar-refractivity contribution in [1.29, 1.82) is 0 Å². The van der Waals surface area contributed by atoms with Gasteiger partial charge in [0.25, 0.3) is 5.91 Å². The number of rotatable bonds is 4. The summed E-state index contributed by atoms with van der Waals surface area (Å²) in [5.41, 5.74) is 1.92. The van der Waals surface area contributed by atoms with Crippen LogP contribution in [0.15, 0.2) is 24.3 Å². The highest BCUT2D eigenvalue weighted by Gasteiger charge is 1.98. The van der Waals surface area contributed by atoms with Crippen LogP contribution in [0, 0.1) is 11.8 Å². The van der Waals surface area contributed by atoms with Crippen molar-refractivity contribution in [3.63, 3.8) is 0 Å². The fraction of sp³-hybridized carbons (Fsp3) is 0.308. The first-order chi connectivity index (χ1) is 7.76. The third kappa shape index (κ3) is 4.16. The van der Waals surface area contributed by atoms with E-state index in [4.69, 9.17) is 0 Å². The highest BCUT2D eigenvalue weighted by atomic mass is 16.1. The zero-order valence-electron chi connectivity index (χ0n) is 9.63. The van der Waals surface area contributed by atoms with Crippen LogP contribution < -0.4 is 10.6 Å². The second kappa shape index (κ2) is 6.65. The lowest BCUT2D eigenvalue weighted by molar-refractivity contribution is -0.111. The molecule has 0 spiro atoms. The Balaban J connectivity index is 2.65.